The van der Waals surface area contributed by atoms with Gasteiger partial charge in [0.2, 0.25) is 5.71 Å². The normalized spacial score (nSPS) is 13.0. The van der Waals surface area contributed by atoms with Gasteiger partial charge >= 0.3 is 0 Å². The average Bonchev–Trinajstić information content (AvgIpc) is 2.97. The van der Waals surface area contributed by atoms with Crippen LogP contribution in [0.2, 0.25) is 0 Å². The van der Waals surface area contributed by atoms with Crippen molar-refractivity contribution in [2.75, 3.05) is 114 Å². The maximum Gasteiger partial charge on any atom is 0.207 e. The van der Waals surface area contributed by atoms with Crippen molar-refractivity contribution >= 4 is 17.5 Å². The predicted molar refractivity (Wildman–Crippen MR) is 152 cm³/mol. The van der Waals surface area contributed by atoms with Crippen LogP contribution in [0.25, 0.3) is 6.08 Å². The molecule has 0 heterocycles. The van der Waals surface area contributed by atoms with Crippen LogP contribution in [-0.2, 0) is 28.4 Å². The largest absolute Gasteiger partial charge is 0.496 e. The highest BCUT2D eigenvalue weighted by Gasteiger charge is 2.26. The number of benzene rings is 1. The first kappa shape index (κ1) is 32.2. The first-order valence-electron chi connectivity index (χ1n) is 12.8. The molecule has 1 aliphatic carbocycles. The molecule has 2 rings (SSSR count). The zero-order valence-electron chi connectivity index (χ0n) is 24.7. The van der Waals surface area contributed by atoms with Crippen molar-refractivity contribution < 1.29 is 42.5 Å². The van der Waals surface area contributed by atoms with Gasteiger partial charge in [0.15, 0.2) is 13.1 Å². The molecule has 0 aliphatic heterocycles. The molecule has 0 saturated carbocycles. The van der Waals surface area contributed by atoms with E-state index >= 15 is 0 Å². The molecule has 0 N–H and O–H groups in total. The molecule has 0 spiro atoms. The first-order valence-corrected chi connectivity index (χ1v) is 12.8. The SMILES string of the molecule is COCCN(CCOC)c1cc(OC)c(C=C2C(OC)=CC(=[N+](CCOC)CCOC)C=C2OC)c(OC)c1. The summed E-state index contributed by atoms with van der Waals surface area (Å²) in [5, 5.41) is 0. The van der Waals surface area contributed by atoms with Crippen LogP contribution in [0.1, 0.15) is 5.56 Å². The van der Waals surface area contributed by atoms with Crippen molar-refractivity contribution in [3.63, 3.8) is 0 Å². The van der Waals surface area contributed by atoms with Crippen molar-refractivity contribution in [3.8, 4) is 11.5 Å². The number of methoxy groups -OCH3 is 8. The summed E-state index contributed by atoms with van der Waals surface area (Å²) in [5.41, 5.74) is 3.41. The number of hydrogen-bond acceptors (Lipinski definition) is 9. The van der Waals surface area contributed by atoms with Crippen LogP contribution in [0.3, 0.4) is 0 Å². The molecule has 0 fully saturated rings. The Bertz CT molecular complexity index is 963. The van der Waals surface area contributed by atoms with E-state index in [1.807, 2.05) is 30.4 Å². The summed E-state index contributed by atoms with van der Waals surface area (Å²) in [6.07, 6.45) is 5.95. The lowest BCUT2D eigenvalue weighted by atomic mass is 9.99. The van der Waals surface area contributed by atoms with Gasteiger partial charge in [0.25, 0.3) is 0 Å². The van der Waals surface area contributed by atoms with E-state index in [2.05, 4.69) is 9.48 Å². The quantitative estimate of drug-likeness (QED) is 0.257. The Kier molecular flexibility index (Phi) is 14.4. The number of rotatable bonds is 18. The lowest BCUT2D eigenvalue weighted by molar-refractivity contribution is -0.531. The molecule has 39 heavy (non-hydrogen) atoms. The minimum absolute atomic E-state index is 0.578. The summed E-state index contributed by atoms with van der Waals surface area (Å²) < 4.78 is 46.8. The molecule has 0 bridgehead atoms. The zero-order chi connectivity index (χ0) is 28.6. The van der Waals surface area contributed by atoms with Gasteiger partial charge in [0.05, 0.1) is 64.9 Å². The standard InChI is InChI=1S/C29H45N2O8/c1-32-13-9-30(10-14-33-2)22-17-26(36-5)24(27(18-22)37-6)21-25-28(38-7)19-23(20-29(25)39-8)31(11-15-34-3)12-16-35-4/h17-21H,9-16H2,1-8H3/q+1. The fourth-order valence-electron chi connectivity index (χ4n) is 4.19. The van der Waals surface area contributed by atoms with E-state index < -0.39 is 0 Å². The second-order valence-corrected chi connectivity index (χ2v) is 8.62. The van der Waals surface area contributed by atoms with E-state index in [0.717, 1.165) is 22.5 Å². The van der Waals surface area contributed by atoms with Crippen LogP contribution in [-0.4, -0.2) is 120 Å². The van der Waals surface area contributed by atoms with Gasteiger partial charge in [-0.3, -0.25) is 0 Å². The predicted octanol–water partition coefficient (Wildman–Crippen LogP) is 3.01. The molecule has 0 saturated heterocycles. The fraction of sp³-hybridized carbons (Fsp3) is 0.552. The summed E-state index contributed by atoms with van der Waals surface area (Å²) >= 11 is 0. The van der Waals surface area contributed by atoms with E-state index in [1.54, 1.807) is 56.9 Å². The Morgan fingerprint density at radius 1 is 0.641 bits per heavy atom. The van der Waals surface area contributed by atoms with E-state index in [-0.39, 0.29) is 0 Å². The van der Waals surface area contributed by atoms with Gasteiger partial charge < -0.3 is 42.8 Å². The van der Waals surface area contributed by atoms with Crippen LogP contribution < -0.4 is 14.4 Å². The topological polar surface area (TPSA) is 80.1 Å². The maximum atomic E-state index is 5.84. The number of hydrogen-bond donors (Lipinski definition) is 0. The monoisotopic (exact) mass is 549 g/mol. The van der Waals surface area contributed by atoms with Crippen molar-refractivity contribution in [1.29, 1.82) is 0 Å². The Hall–Kier alpha value is -3.05. The number of anilines is 1. The van der Waals surface area contributed by atoms with Gasteiger partial charge in [-0.15, -0.1) is 0 Å². The van der Waals surface area contributed by atoms with E-state index in [0.29, 0.717) is 75.6 Å². The van der Waals surface area contributed by atoms with E-state index in [1.165, 1.54) is 0 Å². The Balaban J connectivity index is 2.63. The molecule has 1 aromatic rings. The Labute approximate surface area is 233 Å². The van der Waals surface area contributed by atoms with Crippen LogP contribution in [0, 0.1) is 0 Å². The summed E-state index contributed by atoms with van der Waals surface area (Å²) in [4.78, 5) is 2.17. The molecule has 218 valence electrons. The molecular formula is C29H45N2O8+. The number of ether oxygens (including phenoxy) is 8. The minimum Gasteiger partial charge on any atom is -0.496 e. The van der Waals surface area contributed by atoms with Gasteiger partial charge in [-0.05, 0) is 6.08 Å². The highest BCUT2D eigenvalue weighted by atomic mass is 16.5. The van der Waals surface area contributed by atoms with Gasteiger partial charge in [-0.25, -0.2) is 4.58 Å². The molecule has 0 aromatic heterocycles. The molecule has 1 aromatic carbocycles. The molecule has 10 heteroatoms. The van der Waals surface area contributed by atoms with E-state index in [4.69, 9.17) is 37.9 Å². The highest BCUT2D eigenvalue weighted by molar-refractivity contribution is 6.04. The third-order valence-corrected chi connectivity index (χ3v) is 6.34. The van der Waals surface area contributed by atoms with Crippen molar-refractivity contribution in [2.24, 2.45) is 0 Å². The summed E-state index contributed by atoms with van der Waals surface area (Å²) in [7, 11) is 13.3. The van der Waals surface area contributed by atoms with Gasteiger partial charge in [0, 0.05) is 59.3 Å². The van der Waals surface area contributed by atoms with E-state index in [9.17, 15) is 0 Å². The van der Waals surface area contributed by atoms with Crippen LogP contribution in [0.4, 0.5) is 5.69 Å². The smallest absolute Gasteiger partial charge is 0.207 e. The summed E-state index contributed by atoms with van der Waals surface area (Å²) in [6, 6.07) is 3.98. The molecule has 0 amide bonds. The number of allylic oxidation sites excluding steroid dienone is 2. The zero-order valence-corrected chi connectivity index (χ0v) is 24.7. The third-order valence-electron chi connectivity index (χ3n) is 6.34. The third kappa shape index (κ3) is 8.99. The van der Waals surface area contributed by atoms with Crippen molar-refractivity contribution in [3.05, 3.63) is 46.9 Å². The molecular weight excluding hydrogens is 504 g/mol. The van der Waals surface area contributed by atoms with Crippen LogP contribution >= 0.6 is 0 Å². The summed E-state index contributed by atoms with van der Waals surface area (Å²) in [5.74, 6) is 2.61. The van der Waals surface area contributed by atoms with Gasteiger partial charge in [-0.2, -0.15) is 0 Å². The maximum absolute atomic E-state index is 5.84. The Morgan fingerprint density at radius 2 is 1.10 bits per heavy atom. The lowest BCUT2D eigenvalue weighted by Gasteiger charge is -2.26. The van der Waals surface area contributed by atoms with Crippen LogP contribution in [0.5, 0.6) is 11.5 Å². The van der Waals surface area contributed by atoms with Gasteiger partial charge in [-0.1, -0.05) is 0 Å². The second-order valence-electron chi connectivity index (χ2n) is 8.62. The van der Waals surface area contributed by atoms with Crippen molar-refractivity contribution in [2.45, 2.75) is 0 Å². The van der Waals surface area contributed by atoms with Crippen LogP contribution in [0.15, 0.2) is 41.4 Å². The molecule has 0 atom stereocenters. The number of nitrogens with zero attached hydrogens (tertiary/aromatic N) is 2. The molecule has 0 radical (unpaired) electrons. The summed E-state index contributed by atoms with van der Waals surface area (Å²) in [6.45, 7) is 5.09. The lowest BCUT2D eigenvalue weighted by Crippen LogP contribution is -2.30. The van der Waals surface area contributed by atoms with Crippen molar-refractivity contribution in [1.82, 2.24) is 0 Å². The molecule has 0 unspecified atom stereocenters. The fourth-order valence-corrected chi connectivity index (χ4v) is 4.19. The highest BCUT2D eigenvalue weighted by Crippen LogP contribution is 2.38. The molecule has 1 aliphatic rings. The second kappa shape index (κ2) is 17.5. The molecule has 10 nitrogen and oxygen atoms in total. The van der Waals surface area contributed by atoms with Gasteiger partial charge in [0.1, 0.15) is 36.2 Å². The Morgan fingerprint density at radius 3 is 1.49 bits per heavy atom. The first-order chi connectivity index (χ1) is 19.0. The minimum atomic E-state index is 0.578. The average molecular weight is 550 g/mol.